The van der Waals surface area contributed by atoms with Crippen molar-refractivity contribution in [1.82, 2.24) is 15.4 Å². The lowest BCUT2D eigenvalue weighted by atomic mass is 10.0. The molecule has 0 aromatic heterocycles. The molecule has 1 aliphatic carbocycles. The molecule has 1 saturated carbocycles. The van der Waals surface area contributed by atoms with Gasteiger partial charge >= 0.3 is 0 Å². The van der Waals surface area contributed by atoms with E-state index in [9.17, 15) is 8.42 Å². The maximum Gasteiger partial charge on any atom is 0.211 e. The van der Waals surface area contributed by atoms with Crippen LogP contribution in [0.25, 0.3) is 0 Å². The molecule has 0 unspecified atom stereocenters. The van der Waals surface area contributed by atoms with Crippen molar-refractivity contribution in [2.75, 3.05) is 32.4 Å². The minimum atomic E-state index is -3.08. The third-order valence-corrected chi connectivity index (χ3v) is 5.53. The van der Waals surface area contributed by atoms with Crippen molar-refractivity contribution in [2.45, 2.75) is 51.9 Å². The monoisotopic (exact) mass is 332 g/mol. The number of rotatable bonds is 10. The zero-order valence-corrected chi connectivity index (χ0v) is 14.8. The van der Waals surface area contributed by atoms with Crippen LogP contribution in [0.5, 0.6) is 0 Å². The number of sulfonamides is 1. The average Bonchev–Trinajstić information content (AvgIpc) is 3.02. The summed E-state index contributed by atoms with van der Waals surface area (Å²) < 4.78 is 25.1. The van der Waals surface area contributed by atoms with E-state index >= 15 is 0 Å². The van der Waals surface area contributed by atoms with Crippen molar-refractivity contribution < 1.29 is 8.42 Å². The number of guanidine groups is 1. The molecule has 0 aromatic carbocycles. The first-order valence-corrected chi connectivity index (χ1v) is 10.1. The molecule has 0 heterocycles. The van der Waals surface area contributed by atoms with E-state index in [1.165, 1.54) is 38.5 Å². The summed E-state index contributed by atoms with van der Waals surface area (Å²) in [6.07, 6.45) is 8.85. The summed E-state index contributed by atoms with van der Waals surface area (Å²) in [6.45, 7) is 3.74. The molecule has 0 atom stereocenters. The van der Waals surface area contributed by atoms with Crippen molar-refractivity contribution in [1.29, 1.82) is 0 Å². The molecule has 1 rings (SSSR count). The van der Waals surface area contributed by atoms with Gasteiger partial charge in [0.05, 0.1) is 5.75 Å². The summed E-state index contributed by atoms with van der Waals surface area (Å²) in [5.74, 6) is 1.86. The van der Waals surface area contributed by atoms with Gasteiger partial charge in [-0.15, -0.1) is 0 Å². The Morgan fingerprint density at radius 1 is 1.09 bits per heavy atom. The van der Waals surface area contributed by atoms with Gasteiger partial charge in [-0.2, -0.15) is 0 Å². The molecule has 1 fully saturated rings. The Labute approximate surface area is 135 Å². The standard InChI is InChI=1S/C15H32N4O2S/c1-3-22(20,21)19-13-7-12-18-15(16-2)17-11-6-10-14-8-4-5-9-14/h14,19H,3-13H2,1-2H3,(H2,16,17,18). The fourth-order valence-electron chi connectivity index (χ4n) is 2.74. The number of hydrogen-bond donors (Lipinski definition) is 3. The first-order chi connectivity index (χ1) is 10.6. The largest absolute Gasteiger partial charge is 0.356 e. The Kier molecular flexibility index (Phi) is 9.47. The SMILES string of the molecule is CCS(=O)(=O)NCCCNC(=NC)NCCCC1CCCC1. The lowest BCUT2D eigenvalue weighted by Crippen LogP contribution is -2.39. The molecule has 0 amide bonds. The first kappa shape index (κ1) is 19.2. The highest BCUT2D eigenvalue weighted by atomic mass is 32.2. The van der Waals surface area contributed by atoms with E-state index in [4.69, 9.17) is 0 Å². The zero-order chi connectivity index (χ0) is 16.3. The number of nitrogens with zero attached hydrogens (tertiary/aromatic N) is 1. The third-order valence-electron chi connectivity index (χ3n) is 4.13. The summed E-state index contributed by atoms with van der Waals surface area (Å²) in [5, 5.41) is 6.52. The molecule has 7 heteroatoms. The Balaban J connectivity index is 2.02. The highest BCUT2D eigenvalue weighted by molar-refractivity contribution is 7.89. The average molecular weight is 333 g/mol. The van der Waals surface area contributed by atoms with Crippen molar-refractivity contribution in [3.8, 4) is 0 Å². The van der Waals surface area contributed by atoms with Crippen molar-refractivity contribution >= 4 is 16.0 Å². The van der Waals surface area contributed by atoms with Crippen LogP contribution < -0.4 is 15.4 Å². The second-order valence-corrected chi connectivity index (χ2v) is 7.97. The van der Waals surface area contributed by atoms with Gasteiger partial charge in [0.1, 0.15) is 0 Å². The summed E-state index contributed by atoms with van der Waals surface area (Å²) >= 11 is 0. The van der Waals surface area contributed by atoms with E-state index in [-0.39, 0.29) is 5.75 Å². The van der Waals surface area contributed by atoms with Crippen LogP contribution in [0.2, 0.25) is 0 Å². The van der Waals surface area contributed by atoms with Crippen LogP contribution in [-0.4, -0.2) is 46.8 Å². The first-order valence-electron chi connectivity index (χ1n) is 8.49. The molecule has 6 nitrogen and oxygen atoms in total. The smallest absolute Gasteiger partial charge is 0.211 e. The van der Waals surface area contributed by atoms with Crippen LogP contribution in [-0.2, 0) is 10.0 Å². The molecule has 0 spiro atoms. The summed E-state index contributed by atoms with van der Waals surface area (Å²) in [5.41, 5.74) is 0. The van der Waals surface area contributed by atoms with Crippen LogP contribution in [0.1, 0.15) is 51.9 Å². The Hall–Kier alpha value is -0.820. The van der Waals surface area contributed by atoms with Crippen molar-refractivity contribution in [2.24, 2.45) is 10.9 Å². The number of nitrogens with one attached hydrogen (secondary N) is 3. The maximum absolute atomic E-state index is 11.3. The molecular weight excluding hydrogens is 300 g/mol. The van der Waals surface area contributed by atoms with Gasteiger partial charge < -0.3 is 10.6 Å². The molecule has 0 bridgehead atoms. The van der Waals surface area contributed by atoms with Gasteiger partial charge in [-0.3, -0.25) is 4.99 Å². The quantitative estimate of drug-likeness (QED) is 0.321. The van der Waals surface area contributed by atoms with E-state index in [0.717, 1.165) is 24.8 Å². The predicted octanol–water partition coefficient (Wildman–Crippen LogP) is 1.45. The fourth-order valence-corrected chi connectivity index (χ4v) is 3.40. The minimum Gasteiger partial charge on any atom is -0.356 e. The molecule has 1 aliphatic rings. The molecule has 0 aromatic rings. The normalized spacial score (nSPS) is 16.9. The topological polar surface area (TPSA) is 82.6 Å². The van der Waals surface area contributed by atoms with Crippen LogP contribution in [0.4, 0.5) is 0 Å². The van der Waals surface area contributed by atoms with Gasteiger partial charge in [-0.1, -0.05) is 25.7 Å². The minimum absolute atomic E-state index is 0.130. The summed E-state index contributed by atoms with van der Waals surface area (Å²) in [4.78, 5) is 4.18. The van der Waals surface area contributed by atoms with E-state index in [1.807, 2.05) is 0 Å². The van der Waals surface area contributed by atoms with E-state index < -0.39 is 10.0 Å². The Morgan fingerprint density at radius 3 is 2.32 bits per heavy atom. The number of hydrogen-bond acceptors (Lipinski definition) is 3. The second kappa shape index (κ2) is 10.8. The van der Waals surface area contributed by atoms with Crippen LogP contribution in [0, 0.1) is 5.92 Å². The molecule has 22 heavy (non-hydrogen) atoms. The van der Waals surface area contributed by atoms with Gasteiger partial charge in [0, 0.05) is 26.7 Å². The second-order valence-electron chi connectivity index (χ2n) is 5.87. The van der Waals surface area contributed by atoms with Gasteiger partial charge in [0.2, 0.25) is 10.0 Å². The third kappa shape index (κ3) is 8.58. The van der Waals surface area contributed by atoms with E-state index in [2.05, 4.69) is 20.3 Å². The molecule has 130 valence electrons. The predicted molar refractivity (Wildman–Crippen MR) is 92.6 cm³/mol. The molecule has 3 N–H and O–H groups in total. The number of aliphatic imine (C=N–C) groups is 1. The Morgan fingerprint density at radius 2 is 1.73 bits per heavy atom. The lowest BCUT2D eigenvalue weighted by molar-refractivity contribution is 0.481. The van der Waals surface area contributed by atoms with Crippen molar-refractivity contribution in [3.05, 3.63) is 0 Å². The molecular formula is C15H32N4O2S. The Bertz CT molecular complexity index is 417. The van der Waals surface area contributed by atoms with Crippen LogP contribution in [0.15, 0.2) is 4.99 Å². The van der Waals surface area contributed by atoms with Gasteiger partial charge in [0.25, 0.3) is 0 Å². The van der Waals surface area contributed by atoms with E-state index in [0.29, 0.717) is 13.1 Å². The highest BCUT2D eigenvalue weighted by Crippen LogP contribution is 2.28. The highest BCUT2D eigenvalue weighted by Gasteiger charge is 2.13. The molecule has 0 saturated heterocycles. The fraction of sp³-hybridized carbons (Fsp3) is 0.933. The van der Waals surface area contributed by atoms with Gasteiger partial charge in [-0.05, 0) is 32.1 Å². The lowest BCUT2D eigenvalue weighted by Gasteiger charge is -2.13. The maximum atomic E-state index is 11.3. The van der Waals surface area contributed by atoms with E-state index in [1.54, 1.807) is 14.0 Å². The molecule has 0 radical (unpaired) electrons. The van der Waals surface area contributed by atoms with Crippen LogP contribution in [0.3, 0.4) is 0 Å². The van der Waals surface area contributed by atoms with Crippen molar-refractivity contribution in [3.63, 3.8) is 0 Å². The molecule has 0 aliphatic heterocycles. The summed E-state index contributed by atoms with van der Waals surface area (Å²) in [6, 6.07) is 0. The van der Waals surface area contributed by atoms with Gasteiger partial charge in [0.15, 0.2) is 5.96 Å². The summed E-state index contributed by atoms with van der Waals surface area (Å²) in [7, 11) is -1.32. The van der Waals surface area contributed by atoms with Gasteiger partial charge in [-0.25, -0.2) is 13.1 Å². The van der Waals surface area contributed by atoms with Crippen LogP contribution >= 0.6 is 0 Å². The zero-order valence-electron chi connectivity index (χ0n) is 14.0.